The number of phenolic OH excluding ortho intramolecular Hbond substituents is 1. The van der Waals surface area contributed by atoms with Crippen molar-refractivity contribution in [1.29, 1.82) is 0 Å². The number of H-pyrrole nitrogens is 1. The third kappa shape index (κ3) is 5.42. The Bertz CT molecular complexity index is 1150. The van der Waals surface area contributed by atoms with Gasteiger partial charge < -0.3 is 25.0 Å². The van der Waals surface area contributed by atoms with Crippen molar-refractivity contribution in [3.05, 3.63) is 82.1 Å². The maximum absolute atomic E-state index is 12.6. The van der Waals surface area contributed by atoms with Crippen molar-refractivity contribution >= 4 is 11.7 Å². The standard InChI is InChI=1S/C25H28N4O4/c1-28-12-14-29(15-13-28)20-7-2-17(3-8-20)22-11-6-19(24(31)27-22)16-26-23(25(32)33)18-4-9-21(30)10-5-18/h2-11,23,26,30H,12-16H2,1H3,(H,27,31)(H,32,33). The second-order valence-electron chi connectivity index (χ2n) is 8.31. The summed E-state index contributed by atoms with van der Waals surface area (Å²) in [4.78, 5) is 31.9. The minimum Gasteiger partial charge on any atom is -0.508 e. The minimum absolute atomic E-state index is 0.0616. The van der Waals surface area contributed by atoms with Gasteiger partial charge in [-0.15, -0.1) is 0 Å². The van der Waals surface area contributed by atoms with Gasteiger partial charge in [0.05, 0.1) is 0 Å². The van der Waals surface area contributed by atoms with Gasteiger partial charge in [-0.25, -0.2) is 0 Å². The number of piperazine rings is 1. The normalized spacial score (nSPS) is 15.4. The molecular weight excluding hydrogens is 420 g/mol. The number of benzene rings is 2. The number of aliphatic carboxylic acids is 1. The van der Waals surface area contributed by atoms with E-state index in [0.29, 0.717) is 16.8 Å². The molecule has 1 aromatic heterocycles. The number of carbonyl (C=O) groups is 1. The number of anilines is 1. The van der Waals surface area contributed by atoms with Crippen LogP contribution in [0.25, 0.3) is 11.3 Å². The van der Waals surface area contributed by atoms with Gasteiger partial charge in [-0.3, -0.25) is 14.9 Å². The number of pyridine rings is 1. The molecule has 1 fully saturated rings. The number of likely N-dealkylation sites (N-methyl/N-ethyl adjacent to an activating group) is 1. The summed E-state index contributed by atoms with van der Waals surface area (Å²) in [5, 5.41) is 21.9. The van der Waals surface area contributed by atoms with Gasteiger partial charge in [0.2, 0.25) is 0 Å². The Morgan fingerprint density at radius 2 is 1.67 bits per heavy atom. The second kappa shape index (κ2) is 9.89. The number of aromatic nitrogens is 1. The van der Waals surface area contributed by atoms with Crippen molar-refractivity contribution in [2.45, 2.75) is 12.6 Å². The van der Waals surface area contributed by atoms with Gasteiger partial charge in [-0.05, 0) is 48.5 Å². The Balaban J connectivity index is 1.44. The number of aromatic amines is 1. The third-order valence-corrected chi connectivity index (χ3v) is 6.01. The van der Waals surface area contributed by atoms with Crippen molar-refractivity contribution < 1.29 is 15.0 Å². The number of carboxylic acids is 1. The fourth-order valence-corrected chi connectivity index (χ4v) is 3.95. The molecule has 0 amide bonds. The predicted molar refractivity (Wildman–Crippen MR) is 128 cm³/mol. The average molecular weight is 449 g/mol. The largest absolute Gasteiger partial charge is 0.508 e. The lowest BCUT2D eigenvalue weighted by atomic mass is 10.1. The van der Waals surface area contributed by atoms with Crippen LogP contribution < -0.4 is 15.8 Å². The number of aromatic hydroxyl groups is 1. The predicted octanol–water partition coefficient (Wildman–Crippen LogP) is 2.41. The number of nitrogens with zero attached hydrogens (tertiary/aromatic N) is 2. The van der Waals surface area contributed by atoms with Crippen LogP contribution in [0.1, 0.15) is 17.2 Å². The molecule has 0 aliphatic carbocycles. The molecule has 1 saturated heterocycles. The van der Waals surface area contributed by atoms with Crippen LogP contribution in [-0.2, 0) is 11.3 Å². The van der Waals surface area contributed by atoms with Crippen molar-refractivity contribution in [3.8, 4) is 17.0 Å². The smallest absolute Gasteiger partial charge is 0.325 e. The summed E-state index contributed by atoms with van der Waals surface area (Å²) >= 11 is 0. The lowest BCUT2D eigenvalue weighted by molar-refractivity contribution is -0.139. The van der Waals surface area contributed by atoms with Crippen LogP contribution in [0.2, 0.25) is 0 Å². The van der Waals surface area contributed by atoms with Crippen LogP contribution >= 0.6 is 0 Å². The molecule has 172 valence electrons. The van der Waals surface area contributed by atoms with E-state index < -0.39 is 12.0 Å². The third-order valence-electron chi connectivity index (χ3n) is 6.01. The summed E-state index contributed by atoms with van der Waals surface area (Å²) in [6.45, 7) is 4.17. The van der Waals surface area contributed by atoms with E-state index in [-0.39, 0.29) is 17.9 Å². The van der Waals surface area contributed by atoms with Crippen molar-refractivity contribution in [2.75, 3.05) is 38.1 Å². The number of phenols is 1. The van der Waals surface area contributed by atoms with Crippen LogP contribution in [-0.4, -0.2) is 59.3 Å². The summed E-state index contributed by atoms with van der Waals surface area (Å²) in [6, 6.07) is 16.7. The first-order valence-corrected chi connectivity index (χ1v) is 10.9. The van der Waals surface area contributed by atoms with Crippen molar-refractivity contribution in [1.82, 2.24) is 15.2 Å². The zero-order valence-electron chi connectivity index (χ0n) is 18.5. The molecule has 4 N–H and O–H groups in total. The molecule has 1 atom stereocenters. The fraction of sp³-hybridized carbons (Fsp3) is 0.280. The van der Waals surface area contributed by atoms with Gasteiger partial charge in [-0.2, -0.15) is 0 Å². The molecule has 33 heavy (non-hydrogen) atoms. The summed E-state index contributed by atoms with van der Waals surface area (Å²) in [5.41, 5.74) is 3.47. The van der Waals surface area contributed by atoms with E-state index in [0.717, 1.165) is 31.7 Å². The minimum atomic E-state index is -1.06. The lowest BCUT2D eigenvalue weighted by Crippen LogP contribution is -2.44. The van der Waals surface area contributed by atoms with E-state index in [1.807, 2.05) is 18.2 Å². The van der Waals surface area contributed by atoms with E-state index in [9.17, 15) is 19.8 Å². The molecule has 1 unspecified atom stereocenters. The van der Waals surface area contributed by atoms with E-state index >= 15 is 0 Å². The monoisotopic (exact) mass is 448 g/mol. The highest BCUT2D eigenvalue weighted by Gasteiger charge is 2.20. The quantitative estimate of drug-likeness (QED) is 0.440. The molecule has 1 aliphatic rings. The number of hydrogen-bond acceptors (Lipinski definition) is 6. The molecule has 2 heterocycles. The number of rotatable bonds is 7. The zero-order valence-corrected chi connectivity index (χ0v) is 18.5. The van der Waals surface area contributed by atoms with Gasteiger partial charge >= 0.3 is 5.97 Å². The first-order chi connectivity index (χ1) is 15.9. The van der Waals surface area contributed by atoms with Gasteiger partial charge in [0, 0.05) is 49.7 Å². The Morgan fingerprint density at radius 1 is 1.00 bits per heavy atom. The van der Waals surface area contributed by atoms with Crippen LogP contribution in [0.15, 0.2) is 65.5 Å². The molecule has 4 rings (SSSR count). The molecule has 8 heteroatoms. The molecular formula is C25H28N4O4. The van der Waals surface area contributed by atoms with Gasteiger partial charge in [0.25, 0.3) is 5.56 Å². The van der Waals surface area contributed by atoms with Crippen molar-refractivity contribution in [2.24, 2.45) is 0 Å². The highest BCUT2D eigenvalue weighted by molar-refractivity contribution is 5.75. The van der Waals surface area contributed by atoms with Gasteiger partial charge in [0.15, 0.2) is 0 Å². The molecule has 2 aromatic carbocycles. The van der Waals surface area contributed by atoms with Crippen molar-refractivity contribution in [3.63, 3.8) is 0 Å². The maximum atomic E-state index is 12.6. The first-order valence-electron chi connectivity index (χ1n) is 10.9. The van der Waals surface area contributed by atoms with E-state index in [1.165, 1.54) is 17.8 Å². The molecule has 1 aliphatic heterocycles. The molecule has 0 spiro atoms. The highest BCUT2D eigenvalue weighted by atomic mass is 16.4. The van der Waals surface area contributed by atoms with Crippen LogP contribution in [0.5, 0.6) is 5.75 Å². The van der Waals surface area contributed by atoms with E-state index in [1.54, 1.807) is 18.2 Å². The molecule has 0 bridgehead atoms. The SMILES string of the molecule is CN1CCN(c2ccc(-c3ccc(CNC(C(=O)O)c4ccc(O)cc4)c(=O)[nH]3)cc2)CC1. The average Bonchev–Trinajstić information content (AvgIpc) is 2.81. The first kappa shape index (κ1) is 22.6. The van der Waals surface area contributed by atoms with Gasteiger partial charge in [0.1, 0.15) is 11.8 Å². The lowest BCUT2D eigenvalue weighted by Gasteiger charge is -2.34. The number of hydrogen-bond donors (Lipinski definition) is 4. The molecule has 0 saturated carbocycles. The van der Waals surface area contributed by atoms with Crippen LogP contribution in [0.4, 0.5) is 5.69 Å². The summed E-state index contributed by atoms with van der Waals surface area (Å²) in [7, 11) is 2.13. The summed E-state index contributed by atoms with van der Waals surface area (Å²) < 4.78 is 0. The molecule has 0 radical (unpaired) electrons. The summed E-state index contributed by atoms with van der Waals surface area (Å²) in [5.74, 6) is -0.999. The van der Waals surface area contributed by atoms with E-state index in [2.05, 4.69) is 39.3 Å². The second-order valence-corrected chi connectivity index (χ2v) is 8.31. The Morgan fingerprint density at radius 3 is 2.27 bits per heavy atom. The Labute approximate surface area is 192 Å². The summed E-state index contributed by atoms with van der Waals surface area (Å²) in [6.07, 6.45) is 0. The van der Waals surface area contributed by atoms with E-state index in [4.69, 9.17) is 0 Å². The van der Waals surface area contributed by atoms with Crippen LogP contribution in [0.3, 0.4) is 0 Å². The Kier molecular flexibility index (Phi) is 6.76. The highest BCUT2D eigenvalue weighted by Crippen LogP contribution is 2.22. The Hall–Kier alpha value is -3.62. The zero-order chi connectivity index (χ0) is 23.4. The topological polar surface area (TPSA) is 109 Å². The molecule has 3 aromatic rings. The molecule has 8 nitrogen and oxygen atoms in total. The maximum Gasteiger partial charge on any atom is 0.325 e. The number of carboxylic acid groups (broad SMARTS) is 1. The van der Waals surface area contributed by atoms with Crippen LogP contribution in [0, 0.1) is 0 Å². The van der Waals surface area contributed by atoms with Gasteiger partial charge in [-0.1, -0.05) is 30.3 Å². The number of nitrogens with one attached hydrogen (secondary N) is 2. The fourth-order valence-electron chi connectivity index (χ4n) is 3.95.